The third-order valence-electron chi connectivity index (χ3n) is 3.43. The van der Waals surface area contributed by atoms with Crippen molar-refractivity contribution in [3.63, 3.8) is 0 Å². The topological polar surface area (TPSA) is 66.5 Å². The molecule has 112 valence electrons. The Labute approximate surface area is 125 Å². The lowest BCUT2D eigenvalue weighted by atomic mass is 10.1. The normalized spacial score (nSPS) is 18.4. The van der Waals surface area contributed by atoms with Crippen LogP contribution < -0.4 is 5.32 Å². The number of halogens is 1. The van der Waals surface area contributed by atoms with E-state index in [1.54, 1.807) is 24.1 Å². The molecular weight excluding hydrogens is 300 g/mol. The average molecular weight is 319 g/mol. The molecule has 7 heteroatoms. The fraction of sp³-hybridized carbons (Fsp3) is 0.462. The summed E-state index contributed by atoms with van der Waals surface area (Å²) in [6, 6.07) is 6.30. The number of sulfone groups is 1. The van der Waals surface area contributed by atoms with Gasteiger partial charge >= 0.3 is 0 Å². The second kappa shape index (κ2) is 6.56. The zero-order valence-corrected chi connectivity index (χ0v) is 13.1. The Morgan fingerprint density at radius 1 is 1.30 bits per heavy atom. The second-order valence-corrected chi connectivity index (χ2v) is 6.87. The highest BCUT2D eigenvalue weighted by Crippen LogP contribution is 2.14. The van der Waals surface area contributed by atoms with Crippen molar-refractivity contribution in [1.29, 1.82) is 0 Å². The minimum Gasteiger partial charge on any atom is -0.337 e. The molecule has 1 fully saturated rings. The molecule has 0 aromatic heterocycles. The molecule has 0 aliphatic carbocycles. The maximum absolute atomic E-state index is 12.2. The maximum atomic E-state index is 12.2. The Morgan fingerprint density at radius 3 is 2.35 bits per heavy atom. The molecule has 1 aliphatic rings. The van der Waals surface area contributed by atoms with Gasteiger partial charge in [-0.3, -0.25) is 4.79 Å². The zero-order chi connectivity index (χ0) is 14.0. The van der Waals surface area contributed by atoms with Gasteiger partial charge in [0, 0.05) is 31.5 Å². The van der Waals surface area contributed by atoms with Crippen molar-refractivity contribution in [2.24, 2.45) is 0 Å². The van der Waals surface area contributed by atoms with Crippen molar-refractivity contribution >= 4 is 28.2 Å². The van der Waals surface area contributed by atoms with Gasteiger partial charge in [-0.2, -0.15) is 0 Å². The molecule has 1 heterocycles. The Morgan fingerprint density at radius 2 is 1.90 bits per heavy atom. The summed E-state index contributed by atoms with van der Waals surface area (Å²) in [5.41, 5.74) is 0.516. The van der Waals surface area contributed by atoms with Crippen molar-refractivity contribution in [3.05, 3.63) is 29.8 Å². The van der Waals surface area contributed by atoms with Crippen LogP contribution in [0.15, 0.2) is 29.2 Å². The summed E-state index contributed by atoms with van der Waals surface area (Å²) in [4.78, 5) is 14.2. The predicted octanol–water partition coefficient (Wildman–Crippen LogP) is 0.946. The van der Waals surface area contributed by atoms with Crippen LogP contribution >= 0.6 is 12.4 Å². The molecule has 5 nitrogen and oxygen atoms in total. The van der Waals surface area contributed by atoms with Gasteiger partial charge in [0.1, 0.15) is 0 Å². The third-order valence-corrected chi connectivity index (χ3v) is 4.56. The highest BCUT2D eigenvalue weighted by Gasteiger charge is 2.24. The smallest absolute Gasteiger partial charge is 0.253 e. The van der Waals surface area contributed by atoms with E-state index in [4.69, 9.17) is 0 Å². The molecule has 2 rings (SSSR count). The summed E-state index contributed by atoms with van der Waals surface area (Å²) in [6.45, 7) is 1.74. The first kappa shape index (κ1) is 16.9. The zero-order valence-electron chi connectivity index (χ0n) is 11.5. The van der Waals surface area contributed by atoms with Crippen molar-refractivity contribution < 1.29 is 13.2 Å². The van der Waals surface area contributed by atoms with E-state index in [0.717, 1.165) is 25.8 Å². The van der Waals surface area contributed by atoms with Gasteiger partial charge in [0.25, 0.3) is 5.91 Å². The lowest BCUT2D eigenvalue weighted by Crippen LogP contribution is -2.38. The van der Waals surface area contributed by atoms with Crippen molar-refractivity contribution in [2.75, 3.05) is 26.4 Å². The number of nitrogens with zero attached hydrogens (tertiary/aromatic N) is 1. The number of nitrogens with one attached hydrogen (secondary N) is 1. The summed E-state index contributed by atoms with van der Waals surface area (Å²) in [5, 5.41) is 3.22. The van der Waals surface area contributed by atoms with Gasteiger partial charge in [-0.05, 0) is 37.2 Å². The lowest BCUT2D eigenvalue weighted by molar-refractivity contribution is 0.0743. The van der Waals surface area contributed by atoms with E-state index in [0.29, 0.717) is 5.56 Å². The van der Waals surface area contributed by atoms with Crippen LogP contribution in [0.5, 0.6) is 0 Å². The van der Waals surface area contributed by atoms with Crippen LogP contribution in [-0.4, -0.2) is 51.7 Å². The molecule has 1 N–H and O–H groups in total. The molecule has 20 heavy (non-hydrogen) atoms. The molecule has 0 bridgehead atoms. The SMILES string of the molecule is CN(C(=O)c1ccc(S(C)(=O)=O)cc1)C1CCNC1.Cl. The Hall–Kier alpha value is -1.11. The summed E-state index contributed by atoms with van der Waals surface area (Å²) >= 11 is 0. The molecule has 1 aromatic carbocycles. The number of hydrogen-bond donors (Lipinski definition) is 1. The van der Waals surface area contributed by atoms with E-state index in [2.05, 4.69) is 5.32 Å². The van der Waals surface area contributed by atoms with Gasteiger partial charge in [0.15, 0.2) is 9.84 Å². The van der Waals surface area contributed by atoms with E-state index in [1.807, 2.05) is 0 Å². The highest BCUT2D eigenvalue weighted by molar-refractivity contribution is 7.90. The third kappa shape index (κ3) is 3.71. The molecule has 0 radical (unpaired) electrons. The van der Waals surface area contributed by atoms with Gasteiger partial charge in [-0.15, -0.1) is 12.4 Å². The van der Waals surface area contributed by atoms with Crippen LogP contribution in [0.1, 0.15) is 16.8 Å². The highest BCUT2D eigenvalue weighted by atomic mass is 35.5. The van der Waals surface area contributed by atoms with Gasteiger partial charge in [-0.1, -0.05) is 0 Å². The summed E-state index contributed by atoms with van der Waals surface area (Å²) in [7, 11) is -1.43. The fourth-order valence-corrected chi connectivity index (χ4v) is 2.81. The Balaban J connectivity index is 0.00000200. The minimum absolute atomic E-state index is 0. The van der Waals surface area contributed by atoms with Crippen molar-refractivity contribution in [3.8, 4) is 0 Å². The predicted molar refractivity (Wildman–Crippen MR) is 80.2 cm³/mol. The second-order valence-electron chi connectivity index (χ2n) is 4.86. The van der Waals surface area contributed by atoms with Crippen LogP contribution in [0.25, 0.3) is 0 Å². The monoisotopic (exact) mass is 318 g/mol. The molecule has 1 saturated heterocycles. The molecule has 1 atom stereocenters. The first-order valence-electron chi connectivity index (χ1n) is 6.17. The van der Waals surface area contributed by atoms with Crippen LogP contribution in [-0.2, 0) is 9.84 Å². The summed E-state index contributed by atoms with van der Waals surface area (Å²) in [5.74, 6) is -0.0752. The molecule has 0 saturated carbocycles. The fourth-order valence-electron chi connectivity index (χ4n) is 2.18. The van der Waals surface area contributed by atoms with Crippen LogP contribution in [0, 0.1) is 0 Å². The quantitative estimate of drug-likeness (QED) is 0.901. The van der Waals surface area contributed by atoms with Gasteiger partial charge < -0.3 is 10.2 Å². The number of benzene rings is 1. The number of hydrogen-bond acceptors (Lipinski definition) is 4. The molecule has 0 spiro atoms. The standard InChI is InChI=1S/C13H18N2O3S.ClH/c1-15(11-7-8-14-9-11)13(16)10-3-5-12(6-4-10)19(2,17)18;/h3-6,11,14H,7-9H2,1-2H3;1H. The minimum atomic E-state index is -3.22. The first-order chi connectivity index (χ1) is 8.89. The van der Waals surface area contributed by atoms with Gasteiger partial charge in [0.2, 0.25) is 0 Å². The molecule has 1 amide bonds. The van der Waals surface area contributed by atoms with Crippen LogP contribution in [0.3, 0.4) is 0 Å². The molecule has 1 aliphatic heterocycles. The average Bonchev–Trinajstić information content (AvgIpc) is 2.90. The van der Waals surface area contributed by atoms with Crippen molar-refractivity contribution in [2.45, 2.75) is 17.4 Å². The van der Waals surface area contributed by atoms with E-state index >= 15 is 0 Å². The number of likely N-dealkylation sites (N-methyl/N-ethyl adjacent to an activating group) is 1. The summed E-state index contributed by atoms with van der Waals surface area (Å²) in [6.07, 6.45) is 2.10. The van der Waals surface area contributed by atoms with Crippen LogP contribution in [0.2, 0.25) is 0 Å². The first-order valence-corrected chi connectivity index (χ1v) is 8.07. The van der Waals surface area contributed by atoms with E-state index in [-0.39, 0.29) is 29.3 Å². The van der Waals surface area contributed by atoms with E-state index < -0.39 is 9.84 Å². The number of carbonyl (C=O) groups excluding carboxylic acids is 1. The van der Waals surface area contributed by atoms with E-state index in [1.165, 1.54) is 12.1 Å². The maximum Gasteiger partial charge on any atom is 0.253 e. The largest absolute Gasteiger partial charge is 0.337 e. The molecular formula is C13H19ClN2O3S. The van der Waals surface area contributed by atoms with Crippen LogP contribution in [0.4, 0.5) is 0 Å². The van der Waals surface area contributed by atoms with Crippen molar-refractivity contribution in [1.82, 2.24) is 10.2 Å². The number of amides is 1. The molecule has 1 unspecified atom stereocenters. The van der Waals surface area contributed by atoms with Gasteiger partial charge in [-0.25, -0.2) is 8.42 Å². The van der Waals surface area contributed by atoms with Gasteiger partial charge in [0.05, 0.1) is 4.90 Å². The Bertz CT molecular complexity index is 566. The molecule has 1 aromatic rings. The summed E-state index contributed by atoms with van der Waals surface area (Å²) < 4.78 is 22.7. The lowest BCUT2D eigenvalue weighted by Gasteiger charge is -2.23. The number of rotatable bonds is 3. The van der Waals surface area contributed by atoms with E-state index in [9.17, 15) is 13.2 Å². The Kier molecular flexibility index (Phi) is 5.56. The number of carbonyl (C=O) groups is 1.